The molecule has 1 aliphatic carbocycles. The van der Waals surface area contributed by atoms with Crippen molar-refractivity contribution in [3.05, 3.63) is 35.4 Å². The van der Waals surface area contributed by atoms with Gasteiger partial charge in [0.15, 0.2) is 0 Å². The number of carbonyl (C=O) groups excluding carboxylic acids is 1. The third-order valence-electron chi connectivity index (χ3n) is 5.45. The third-order valence-corrected chi connectivity index (χ3v) is 5.45. The number of nitrogens with zero attached hydrogens (tertiary/aromatic N) is 4. The van der Waals surface area contributed by atoms with Crippen LogP contribution in [0.3, 0.4) is 0 Å². The first-order chi connectivity index (χ1) is 12.2. The van der Waals surface area contributed by atoms with E-state index in [0.29, 0.717) is 24.9 Å². The Bertz CT molecular complexity index is 692. The number of rotatable bonds is 3. The van der Waals surface area contributed by atoms with E-state index in [4.69, 9.17) is 5.26 Å². The van der Waals surface area contributed by atoms with Crippen LogP contribution in [0, 0.1) is 28.1 Å². The van der Waals surface area contributed by atoms with E-state index in [2.05, 4.69) is 17.0 Å². The minimum atomic E-state index is -0.762. The Kier molecular flexibility index (Phi) is 5.36. The van der Waals surface area contributed by atoms with E-state index >= 15 is 0 Å². The van der Waals surface area contributed by atoms with Crippen LogP contribution in [0.5, 0.6) is 0 Å². The maximum absolute atomic E-state index is 12.9. The molecule has 0 atom stereocenters. The molecule has 0 spiro atoms. The summed E-state index contributed by atoms with van der Waals surface area (Å²) >= 11 is 0. The first kappa shape index (κ1) is 17.5. The average Bonchev–Trinajstić information content (AvgIpc) is 3.03. The lowest BCUT2D eigenvalue weighted by Gasteiger charge is -2.29. The second-order valence-electron chi connectivity index (χ2n) is 7.13. The van der Waals surface area contributed by atoms with Crippen molar-refractivity contribution in [3.8, 4) is 12.1 Å². The predicted octanol–water partition coefficient (Wildman–Crippen LogP) is 2.68. The maximum atomic E-state index is 12.9. The molecule has 1 saturated carbocycles. The fourth-order valence-electron chi connectivity index (χ4n) is 3.93. The van der Waals surface area contributed by atoms with Crippen molar-refractivity contribution >= 4 is 5.91 Å². The van der Waals surface area contributed by atoms with Gasteiger partial charge < -0.3 is 4.90 Å². The molecule has 1 amide bonds. The Hall–Kier alpha value is -2.37. The van der Waals surface area contributed by atoms with Crippen LogP contribution in [-0.4, -0.2) is 41.9 Å². The maximum Gasteiger partial charge on any atom is 0.243 e. The van der Waals surface area contributed by atoms with Gasteiger partial charge in [0.25, 0.3) is 0 Å². The molecule has 1 saturated heterocycles. The SMILES string of the molecule is N#Cc1ccc(CN2CCCN(C(=O)C3(C#N)CCCC3)CC2)cc1. The monoisotopic (exact) mass is 336 g/mol. The highest BCUT2D eigenvalue weighted by molar-refractivity contribution is 5.85. The Balaban J connectivity index is 1.59. The largest absolute Gasteiger partial charge is 0.340 e. The third kappa shape index (κ3) is 3.83. The molecule has 3 rings (SSSR count). The first-order valence-electron chi connectivity index (χ1n) is 9.09. The Morgan fingerprint density at radius 1 is 1.00 bits per heavy atom. The Morgan fingerprint density at radius 3 is 2.36 bits per heavy atom. The second-order valence-corrected chi connectivity index (χ2v) is 7.13. The highest BCUT2D eigenvalue weighted by Crippen LogP contribution is 2.39. The van der Waals surface area contributed by atoms with Gasteiger partial charge in [-0.2, -0.15) is 10.5 Å². The molecule has 5 heteroatoms. The van der Waals surface area contributed by atoms with Crippen LogP contribution in [0.25, 0.3) is 0 Å². The standard InChI is InChI=1S/C20H24N4O/c21-14-17-4-6-18(7-5-17)15-23-10-3-11-24(13-12-23)19(25)20(16-22)8-1-2-9-20/h4-7H,1-3,8-13,15H2. The van der Waals surface area contributed by atoms with Crippen molar-refractivity contribution in [1.82, 2.24) is 9.80 Å². The molecule has 5 nitrogen and oxygen atoms in total. The molecular formula is C20H24N4O. The quantitative estimate of drug-likeness (QED) is 0.851. The van der Waals surface area contributed by atoms with Crippen molar-refractivity contribution in [2.45, 2.75) is 38.6 Å². The molecule has 0 N–H and O–H groups in total. The van der Waals surface area contributed by atoms with Gasteiger partial charge in [-0.05, 0) is 37.0 Å². The number of benzene rings is 1. The summed E-state index contributed by atoms with van der Waals surface area (Å²) in [5, 5.41) is 18.4. The summed E-state index contributed by atoms with van der Waals surface area (Å²) in [6.07, 6.45) is 4.33. The van der Waals surface area contributed by atoms with Crippen LogP contribution in [0.1, 0.15) is 43.2 Å². The number of amides is 1. The molecule has 25 heavy (non-hydrogen) atoms. The van der Waals surface area contributed by atoms with E-state index in [1.54, 1.807) is 0 Å². The van der Waals surface area contributed by atoms with E-state index in [1.807, 2.05) is 29.2 Å². The van der Waals surface area contributed by atoms with E-state index in [0.717, 1.165) is 45.4 Å². The van der Waals surface area contributed by atoms with E-state index in [-0.39, 0.29) is 5.91 Å². The van der Waals surface area contributed by atoms with Gasteiger partial charge in [-0.25, -0.2) is 0 Å². The minimum absolute atomic E-state index is 0.0488. The first-order valence-corrected chi connectivity index (χ1v) is 9.09. The molecule has 0 bridgehead atoms. The van der Waals surface area contributed by atoms with Gasteiger partial charge in [-0.15, -0.1) is 0 Å². The average molecular weight is 336 g/mol. The van der Waals surface area contributed by atoms with Gasteiger partial charge in [-0.1, -0.05) is 25.0 Å². The summed E-state index contributed by atoms with van der Waals surface area (Å²) in [7, 11) is 0. The minimum Gasteiger partial charge on any atom is -0.340 e. The number of hydrogen-bond donors (Lipinski definition) is 0. The van der Waals surface area contributed by atoms with Crippen LogP contribution in [0.2, 0.25) is 0 Å². The zero-order valence-electron chi connectivity index (χ0n) is 14.6. The van der Waals surface area contributed by atoms with Crippen molar-refractivity contribution < 1.29 is 4.79 Å². The smallest absolute Gasteiger partial charge is 0.243 e. The molecule has 2 aliphatic rings. The lowest BCUT2D eigenvalue weighted by atomic mass is 9.86. The summed E-state index contributed by atoms with van der Waals surface area (Å²) in [6, 6.07) is 12.1. The number of carbonyl (C=O) groups is 1. The van der Waals surface area contributed by atoms with Crippen LogP contribution in [-0.2, 0) is 11.3 Å². The predicted molar refractivity (Wildman–Crippen MR) is 94.1 cm³/mol. The second kappa shape index (κ2) is 7.68. The summed E-state index contributed by atoms with van der Waals surface area (Å²) in [5.74, 6) is 0.0488. The molecule has 1 aromatic rings. The Labute approximate surface area is 149 Å². The van der Waals surface area contributed by atoms with Crippen molar-refractivity contribution in [3.63, 3.8) is 0 Å². The molecule has 1 aliphatic heterocycles. The van der Waals surface area contributed by atoms with Crippen molar-refractivity contribution in [1.29, 1.82) is 10.5 Å². The van der Waals surface area contributed by atoms with Crippen LogP contribution in [0.4, 0.5) is 0 Å². The van der Waals surface area contributed by atoms with Crippen molar-refractivity contribution in [2.24, 2.45) is 5.41 Å². The number of nitriles is 2. The summed E-state index contributed by atoms with van der Waals surface area (Å²) in [4.78, 5) is 17.2. The molecular weight excluding hydrogens is 312 g/mol. The fraction of sp³-hybridized carbons (Fsp3) is 0.550. The molecule has 130 valence electrons. The highest BCUT2D eigenvalue weighted by atomic mass is 16.2. The lowest BCUT2D eigenvalue weighted by Crippen LogP contribution is -2.43. The molecule has 0 unspecified atom stereocenters. The van der Waals surface area contributed by atoms with Gasteiger partial charge in [-0.3, -0.25) is 9.69 Å². The zero-order chi connectivity index (χ0) is 17.7. The van der Waals surface area contributed by atoms with Gasteiger partial charge in [0, 0.05) is 32.7 Å². The van der Waals surface area contributed by atoms with Gasteiger partial charge in [0.1, 0.15) is 5.41 Å². The molecule has 1 aromatic carbocycles. The molecule has 1 heterocycles. The highest BCUT2D eigenvalue weighted by Gasteiger charge is 2.44. The number of hydrogen-bond acceptors (Lipinski definition) is 4. The summed E-state index contributed by atoms with van der Waals surface area (Å²) in [6.45, 7) is 4.04. The Morgan fingerprint density at radius 2 is 1.72 bits per heavy atom. The van der Waals surface area contributed by atoms with Gasteiger partial charge in [0.05, 0.1) is 17.7 Å². The summed E-state index contributed by atoms with van der Waals surface area (Å²) < 4.78 is 0. The van der Waals surface area contributed by atoms with Crippen LogP contribution in [0.15, 0.2) is 24.3 Å². The molecule has 2 fully saturated rings. The van der Waals surface area contributed by atoms with E-state index in [1.165, 1.54) is 5.56 Å². The zero-order valence-corrected chi connectivity index (χ0v) is 14.6. The van der Waals surface area contributed by atoms with E-state index < -0.39 is 5.41 Å². The fourth-order valence-corrected chi connectivity index (χ4v) is 3.93. The molecule has 0 radical (unpaired) electrons. The summed E-state index contributed by atoms with van der Waals surface area (Å²) in [5.41, 5.74) is 1.10. The van der Waals surface area contributed by atoms with Crippen LogP contribution >= 0.6 is 0 Å². The van der Waals surface area contributed by atoms with E-state index in [9.17, 15) is 10.1 Å². The lowest BCUT2D eigenvalue weighted by molar-refractivity contribution is -0.138. The van der Waals surface area contributed by atoms with Gasteiger partial charge in [0.2, 0.25) is 5.91 Å². The van der Waals surface area contributed by atoms with Crippen LogP contribution < -0.4 is 0 Å². The topological polar surface area (TPSA) is 71.1 Å². The van der Waals surface area contributed by atoms with Crippen molar-refractivity contribution in [2.75, 3.05) is 26.2 Å². The van der Waals surface area contributed by atoms with Gasteiger partial charge >= 0.3 is 0 Å². The molecule has 0 aromatic heterocycles. The normalized spacial score (nSPS) is 20.5.